The number of amides is 10. The smallest absolute Gasteiger partial charge is 0.327 e. The van der Waals surface area contributed by atoms with Gasteiger partial charge < -0.3 is 152 Å². The molecule has 10 amide bonds. The van der Waals surface area contributed by atoms with Crippen molar-refractivity contribution in [3.8, 4) is 0 Å². The number of rotatable bonds is 61. The van der Waals surface area contributed by atoms with Gasteiger partial charge in [0.15, 0.2) is 0 Å². The molecule has 0 saturated heterocycles. The molecule has 1 unspecified atom stereocenters. The van der Waals surface area contributed by atoms with Crippen LogP contribution < -0.4 is 37.6 Å². The molecular weight excluding hydrogens is 1730 g/mol. The number of carboxylic acid groups (broad SMARTS) is 15. The van der Waals surface area contributed by atoms with Crippen molar-refractivity contribution in [1.29, 1.82) is 0 Å². The number of nitrogens with one attached hydrogen (secondary N) is 6. The first-order valence-electron chi connectivity index (χ1n) is 37.4. The van der Waals surface area contributed by atoms with E-state index in [9.17, 15) is 177 Å². The van der Waals surface area contributed by atoms with E-state index < -0.39 is 310 Å². The Kier molecular flexibility index (Phi) is 44.2. The van der Waals surface area contributed by atoms with Gasteiger partial charge in [-0.2, -0.15) is 0 Å². The standard InChI is InChI=1S/C35H49N11O18.C34H44N10O20/c36-20(32(59)39-6-2-1-3-21(33(60)61)40-35(64)41-22(34(62)63)4-5-27(49)50)11-42(12-23-37-7-9-43(23)14-25(47)45(16-28(51)52)17-29(53)54)13-24-38-8-10-44(24)15-26(48)46(18-30(55)56)19-31(57)58;45-23(3-1-18(31(58)59)38-34(64)39-19(32(60)61)2-4-26(48)49)37-20(33(62)63)9-40(10-21-35-5-7-41(21)12-24(46)43(14-27(50)51)15-28(52)53)11-22-36-6-8-42(22)13-25(47)44(16-29(54)55)17-30(56)57/h7-10,20-22H,1-6,11-19,36H2,(H,39,59)(H,49,50)(H,51,52)(H,53,54)(H,55,56)(H,57,58)(H,60,61)(H,62,63)(H2,40,41,64);5-8,18-20H,1-4,9-17H2,(H,37,45)(H,48,49)(H,50,51)(H,52,53)(H,54,55)(H,56,57)(H,58,59)(H,60,61)(H,62,63)(H2,38,39,64)/t20-,21-,22-;18-,19-,20?/m00/s1. The second kappa shape index (κ2) is 53.2. The SMILES string of the molecule is N[C@@H](CN(Cc1nccn1CC(=O)N(CC(=O)O)CC(=O)O)Cc1nccn1CC(=O)N(CC(=O)O)CC(=O)O)C(=O)NCCCC[C@H](NC(=O)N[C@@H](CCC(=O)O)C(=O)O)C(=O)O.O=C(O)CC[C@H](NC(=O)N[C@@H](CCC(=O)NC(CN(Cc1nccn1CC(=O)N(CC(=O)O)CC(=O)O)Cc1nccn1CC(=O)N(CC(=O)O)CC(=O)O)C(=O)O)C(=O)O)C(=O)O. The average molecular weight is 1820 g/mol. The Balaban J connectivity index is 0.000000660. The number of hydrogen-bond acceptors (Lipinski definition) is 30. The molecule has 4 aromatic heterocycles. The van der Waals surface area contributed by atoms with Crippen LogP contribution in [0.4, 0.5) is 9.59 Å². The molecule has 0 aliphatic rings. The number of urea groups is 2. The van der Waals surface area contributed by atoms with E-state index in [4.69, 9.17) is 15.9 Å². The van der Waals surface area contributed by atoms with Crippen LogP contribution in [0.3, 0.4) is 0 Å². The van der Waals surface area contributed by atoms with Gasteiger partial charge in [-0.25, -0.2) is 53.5 Å². The maximum atomic E-state index is 13.2. The summed E-state index contributed by atoms with van der Waals surface area (Å²) in [5, 5.41) is 152. The second-order valence-electron chi connectivity index (χ2n) is 27.4. The number of nitrogens with zero attached hydrogens (tertiary/aromatic N) is 14. The predicted octanol–water partition coefficient (Wildman–Crippen LogP) is -8.74. The van der Waals surface area contributed by atoms with Gasteiger partial charge in [0.2, 0.25) is 35.4 Å². The highest BCUT2D eigenvalue weighted by Gasteiger charge is 2.33. The lowest BCUT2D eigenvalue weighted by Gasteiger charge is -2.27. The molecule has 6 atom stereocenters. The van der Waals surface area contributed by atoms with Crippen LogP contribution in [0.25, 0.3) is 0 Å². The molecule has 59 heteroatoms. The van der Waals surface area contributed by atoms with Crippen molar-refractivity contribution in [1.82, 2.24) is 99.5 Å². The van der Waals surface area contributed by atoms with Crippen molar-refractivity contribution in [2.24, 2.45) is 5.73 Å². The highest BCUT2D eigenvalue weighted by molar-refractivity contribution is 5.91. The second-order valence-corrected chi connectivity index (χ2v) is 27.4. The van der Waals surface area contributed by atoms with Crippen LogP contribution in [-0.4, -0.2) is 389 Å². The summed E-state index contributed by atoms with van der Waals surface area (Å²) in [6.45, 7) is -12.2. The van der Waals surface area contributed by atoms with E-state index in [1.807, 2.05) is 16.0 Å². The summed E-state index contributed by atoms with van der Waals surface area (Å²) in [6, 6.07) is -12.3. The highest BCUT2D eigenvalue weighted by atomic mass is 16.4. The summed E-state index contributed by atoms with van der Waals surface area (Å²) in [6.07, 6.45) is 6.66. The van der Waals surface area contributed by atoms with Crippen LogP contribution in [0, 0.1) is 0 Å². The van der Waals surface area contributed by atoms with Crippen LogP contribution >= 0.6 is 0 Å². The molecule has 0 saturated carbocycles. The predicted molar refractivity (Wildman–Crippen MR) is 411 cm³/mol. The molecule has 0 aromatic carbocycles. The molecule has 4 rings (SSSR count). The monoisotopic (exact) mass is 1820 g/mol. The molecule has 0 spiro atoms. The molecule has 0 bridgehead atoms. The summed E-state index contributed by atoms with van der Waals surface area (Å²) in [5.74, 6) is -27.8. The minimum absolute atomic E-state index is 0.0144. The van der Waals surface area contributed by atoms with Gasteiger partial charge in [-0.1, -0.05) is 0 Å². The van der Waals surface area contributed by atoms with Gasteiger partial charge >= 0.3 is 102 Å². The van der Waals surface area contributed by atoms with E-state index in [2.05, 4.69) is 35.9 Å². The average Bonchev–Trinajstić information content (AvgIpc) is 1.66. The van der Waals surface area contributed by atoms with Gasteiger partial charge in [0.25, 0.3) is 0 Å². The number of aromatic nitrogens is 8. The Labute approximate surface area is 718 Å². The number of imidazole rings is 4. The lowest BCUT2D eigenvalue weighted by molar-refractivity contribution is -0.150. The third-order valence-electron chi connectivity index (χ3n) is 17.4. The maximum absolute atomic E-state index is 13.2. The van der Waals surface area contributed by atoms with Crippen molar-refractivity contribution in [3.63, 3.8) is 0 Å². The van der Waals surface area contributed by atoms with Gasteiger partial charge in [0.05, 0.1) is 32.2 Å². The van der Waals surface area contributed by atoms with E-state index in [0.717, 1.165) is 0 Å². The van der Waals surface area contributed by atoms with Crippen LogP contribution in [0.1, 0.15) is 81.1 Å². The summed E-state index contributed by atoms with van der Waals surface area (Å²) in [7, 11) is 0. The number of carboxylic acids is 15. The molecule has 0 radical (unpaired) electrons. The van der Waals surface area contributed by atoms with Gasteiger partial charge in [0.1, 0.15) is 132 Å². The minimum atomic E-state index is -1.84. The van der Waals surface area contributed by atoms with Crippen molar-refractivity contribution in [2.45, 2.75) is 146 Å². The fraction of sp³-hybridized carbons (Fsp3) is 0.493. The minimum Gasteiger partial charge on any atom is -0.481 e. The number of aliphatic carboxylic acids is 15. The lowest BCUT2D eigenvalue weighted by Crippen LogP contribution is -2.52. The van der Waals surface area contributed by atoms with E-state index >= 15 is 0 Å². The zero-order chi connectivity index (χ0) is 96.4. The number of carbonyl (C=O) groups is 23. The third-order valence-corrected chi connectivity index (χ3v) is 17.4. The molecule has 702 valence electrons. The van der Waals surface area contributed by atoms with E-state index in [-0.39, 0.29) is 68.7 Å². The van der Waals surface area contributed by atoms with Crippen LogP contribution in [-0.2, 0) is 153 Å². The molecule has 0 aliphatic carbocycles. The fourth-order valence-corrected chi connectivity index (χ4v) is 11.4. The fourth-order valence-electron chi connectivity index (χ4n) is 11.4. The van der Waals surface area contributed by atoms with E-state index in [0.29, 0.717) is 19.6 Å². The van der Waals surface area contributed by atoms with Crippen molar-refractivity contribution in [2.75, 3.05) is 72.0 Å². The Morgan fingerprint density at radius 1 is 0.312 bits per heavy atom. The van der Waals surface area contributed by atoms with E-state index in [1.54, 1.807) is 0 Å². The first kappa shape index (κ1) is 106. The zero-order valence-corrected chi connectivity index (χ0v) is 67.3. The molecule has 23 N–H and O–H groups in total. The Bertz CT molecular complexity index is 4430. The lowest BCUT2D eigenvalue weighted by atomic mass is 10.1. The molecular formula is C69H93N21O38. The maximum Gasteiger partial charge on any atom is 0.327 e. The molecule has 128 heavy (non-hydrogen) atoms. The number of nitrogens with two attached hydrogens (primary N) is 1. The zero-order valence-electron chi connectivity index (χ0n) is 67.3. The van der Waals surface area contributed by atoms with Crippen LogP contribution in [0.2, 0.25) is 0 Å². The summed E-state index contributed by atoms with van der Waals surface area (Å²) in [5.41, 5.74) is 6.28. The Morgan fingerprint density at radius 2 is 0.562 bits per heavy atom. The number of hydrogen-bond donors (Lipinski definition) is 22. The van der Waals surface area contributed by atoms with Crippen molar-refractivity contribution in [3.05, 3.63) is 72.9 Å². The van der Waals surface area contributed by atoms with Crippen molar-refractivity contribution < 1.29 is 187 Å². The summed E-state index contributed by atoms with van der Waals surface area (Å²) in [4.78, 5) is 296. The Hall–Kier alpha value is -15.9. The largest absolute Gasteiger partial charge is 0.481 e. The first-order valence-corrected chi connectivity index (χ1v) is 37.4. The molecule has 0 fully saturated rings. The number of carbonyl (C=O) groups excluding carboxylic acids is 8. The van der Waals surface area contributed by atoms with Crippen LogP contribution in [0.15, 0.2) is 49.6 Å². The third kappa shape index (κ3) is 40.9. The topological polar surface area (TPSA) is 885 Å². The highest BCUT2D eigenvalue weighted by Crippen LogP contribution is 2.16. The molecule has 59 nitrogen and oxygen atoms in total. The Morgan fingerprint density at radius 3 is 0.812 bits per heavy atom. The molecule has 4 aromatic rings. The van der Waals surface area contributed by atoms with E-state index in [1.165, 1.54) is 77.6 Å². The van der Waals surface area contributed by atoms with Gasteiger partial charge in [0, 0.05) is 88.5 Å². The van der Waals surface area contributed by atoms with Gasteiger partial charge in [-0.05, 0) is 38.5 Å². The molecule has 0 aliphatic heterocycles. The summed E-state index contributed by atoms with van der Waals surface area (Å²) >= 11 is 0. The normalized spacial score (nSPS) is 12.2. The first-order chi connectivity index (χ1) is 60.0. The summed E-state index contributed by atoms with van der Waals surface area (Å²) < 4.78 is 4.92. The van der Waals surface area contributed by atoms with Gasteiger partial charge in [-0.15, -0.1) is 0 Å². The van der Waals surface area contributed by atoms with Crippen molar-refractivity contribution >= 4 is 137 Å². The quantitative estimate of drug-likeness (QED) is 0.0183. The number of unbranched alkanes of at least 4 members (excludes halogenated alkanes) is 1. The van der Waals surface area contributed by atoms with Gasteiger partial charge in [-0.3, -0.25) is 86.5 Å². The van der Waals surface area contributed by atoms with Crippen LogP contribution in [0.5, 0.6) is 0 Å². The molecule has 4 heterocycles.